The summed E-state index contributed by atoms with van der Waals surface area (Å²) in [5, 5.41) is 3.49. The Balaban J connectivity index is 1.90. The Hall–Kier alpha value is -2.20. The first-order valence-electron chi connectivity index (χ1n) is 8.07. The second-order valence-electron chi connectivity index (χ2n) is 5.47. The van der Waals surface area contributed by atoms with Gasteiger partial charge in [0.2, 0.25) is 0 Å². The van der Waals surface area contributed by atoms with Gasteiger partial charge in [-0.3, -0.25) is 4.79 Å². The molecule has 0 saturated carbocycles. The molecule has 0 aliphatic carbocycles. The standard InChI is InChI=1S/C19H23ClN2O2/c1-4-22(5-2)17-9-7-16(8-10-17)21-19(23)13-24-18-11-6-15(20)12-14(18)3/h6-12H,4-5,13H2,1-3H3,(H,21,23). The molecule has 0 radical (unpaired) electrons. The van der Waals surface area contributed by atoms with Crippen molar-refractivity contribution in [3.05, 3.63) is 53.1 Å². The van der Waals surface area contributed by atoms with E-state index in [0.29, 0.717) is 10.8 Å². The van der Waals surface area contributed by atoms with Gasteiger partial charge in [0.15, 0.2) is 6.61 Å². The van der Waals surface area contributed by atoms with Crippen molar-refractivity contribution >= 4 is 28.9 Å². The molecule has 2 aromatic carbocycles. The third-order valence-corrected chi connectivity index (χ3v) is 4.01. The molecule has 0 heterocycles. The maximum Gasteiger partial charge on any atom is 0.262 e. The van der Waals surface area contributed by atoms with Crippen molar-refractivity contribution in [1.29, 1.82) is 0 Å². The Kier molecular flexibility index (Phi) is 6.50. The Labute approximate surface area is 148 Å². The van der Waals surface area contributed by atoms with Crippen LogP contribution in [0.25, 0.3) is 0 Å². The van der Waals surface area contributed by atoms with Crippen molar-refractivity contribution in [2.75, 3.05) is 29.9 Å². The van der Waals surface area contributed by atoms with Gasteiger partial charge in [0.25, 0.3) is 5.91 Å². The number of hydrogen-bond donors (Lipinski definition) is 1. The van der Waals surface area contributed by atoms with Crippen molar-refractivity contribution in [3.8, 4) is 5.75 Å². The van der Waals surface area contributed by atoms with E-state index in [9.17, 15) is 4.79 Å². The number of ether oxygens (including phenoxy) is 1. The van der Waals surface area contributed by atoms with Crippen LogP contribution in [0.3, 0.4) is 0 Å². The van der Waals surface area contributed by atoms with E-state index in [1.54, 1.807) is 18.2 Å². The minimum absolute atomic E-state index is 0.0414. The smallest absolute Gasteiger partial charge is 0.262 e. The number of hydrogen-bond acceptors (Lipinski definition) is 3. The van der Waals surface area contributed by atoms with Crippen LogP contribution < -0.4 is 15.0 Å². The third-order valence-electron chi connectivity index (χ3n) is 3.78. The van der Waals surface area contributed by atoms with Gasteiger partial charge in [0.1, 0.15) is 5.75 Å². The third kappa shape index (κ3) is 4.90. The van der Waals surface area contributed by atoms with E-state index in [-0.39, 0.29) is 12.5 Å². The molecule has 128 valence electrons. The van der Waals surface area contributed by atoms with Gasteiger partial charge in [-0.25, -0.2) is 0 Å². The highest BCUT2D eigenvalue weighted by Crippen LogP contribution is 2.22. The van der Waals surface area contributed by atoms with Crippen LogP contribution in [-0.2, 0) is 4.79 Å². The number of carbonyl (C=O) groups is 1. The van der Waals surface area contributed by atoms with Crippen LogP contribution in [-0.4, -0.2) is 25.6 Å². The fourth-order valence-corrected chi connectivity index (χ4v) is 2.69. The topological polar surface area (TPSA) is 41.6 Å². The maximum absolute atomic E-state index is 12.0. The summed E-state index contributed by atoms with van der Waals surface area (Å²) < 4.78 is 5.54. The zero-order valence-corrected chi connectivity index (χ0v) is 15.1. The number of carbonyl (C=O) groups excluding carboxylic acids is 1. The first kappa shape index (κ1) is 18.1. The highest BCUT2D eigenvalue weighted by Gasteiger charge is 2.07. The number of nitrogens with one attached hydrogen (secondary N) is 1. The number of nitrogens with zero attached hydrogens (tertiary/aromatic N) is 1. The van der Waals surface area contributed by atoms with Gasteiger partial charge in [-0.1, -0.05) is 11.6 Å². The number of halogens is 1. The van der Waals surface area contributed by atoms with Crippen molar-refractivity contribution in [2.24, 2.45) is 0 Å². The Morgan fingerprint density at radius 1 is 1.12 bits per heavy atom. The lowest BCUT2D eigenvalue weighted by Crippen LogP contribution is -2.22. The molecule has 5 heteroatoms. The van der Waals surface area contributed by atoms with Gasteiger partial charge in [-0.15, -0.1) is 0 Å². The minimum Gasteiger partial charge on any atom is -0.483 e. The summed E-state index contributed by atoms with van der Waals surface area (Å²) in [5.41, 5.74) is 2.80. The summed E-state index contributed by atoms with van der Waals surface area (Å²) in [7, 11) is 0. The zero-order chi connectivity index (χ0) is 17.5. The lowest BCUT2D eigenvalue weighted by molar-refractivity contribution is -0.118. The van der Waals surface area contributed by atoms with Gasteiger partial charge in [-0.05, 0) is 68.8 Å². The quantitative estimate of drug-likeness (QED) is 0.801. The molecule has 1 N–H and O–H groups in total. The molecule has 24 heavy (non-hydrogen) atoms. The molecule has 0 spiro atoms. The fourth-order valence-electron chi connectivity index (χ4n) is 2.46. The summed E-state index contributed by atoms with van der Waals surface area (Å²) in [5.74, 6) is 0.464. The largest absolute Gasteiger partial charge is 0.483 e. The highest BCUT2D eigenvalue weighted by molar-refractivity contribution is 6.30. The van der Waals surface area contributed by atoms with Crippen molar-refractivity contribution in [3.63, 3.8) is 0 Å². The van der Waals surface area contributed by atoms with Crippen LogP contribution in [0, 0.1) is 6.92 Å². The molecule has 0 aliphatic heterocycles. The molecule has 1 amide bonds. The molecule has 4 nitrogen and oxygen atoms in total. The molecule has 0 fully saturated rings. The SMILES string of the molecule is CCN(CC)c1ccc(NC(=O)COc2ccc(Cl)cc2C)cc1. The van der Waals surface area contributed by atoms with E-state index in [1.165, 1.54) is 0 Å². The van der Waals surface area contributed by atoms with E-state index in [0.717, 1.165) is 30.0 Å². The van der Waals surface area contributed by atoms with E-state index >= 15 is 0 Å². The lowest BCUT2D eigenvalue weighted by Gasteiger charge is -2.21. The van der Waals surface area contributed by atoms with E-state index in [4.69, 9.17) is 16.3 Å². The van der Waals surface area contributed by atoms with E-state index in [1.807, 2.05) is 31.2 Å². The minimum atomic E-state index is -0.195. The van der Waals surface area contributed by atoms with Gasteiger partial charge >= 0.3 is 0 Å². The summed E-state index contributed by atoms with van der Waals surface area (Å²) in [4.78, 5) is 14.3. The first-order valence-corrected chi connectivity index (χ1v) is 8.45. The molecule has 0 unspecified atom stereocenters. The van der Waals surface area contributed by atoms with E-state index in [2.05, 4.69) is 24.1 Å². The number of benzene rings is 2. The van der Waals surface area contributed by atoms with Gasteiger partial charge in [0, 0.05) is 29.5 Å². The molecular formula is C19H23ClN2O2. The molecule has 2 rings (SSSR count). The van der Waals surface area contributed by atoms with Crippen LogP contribution >= 0.6 is 11.6 Å². The number of amides is 1. The molecule has 2 aromatic rings. The summed E-state index contributed by atoms with van der Waals surface area (Å²) in [6.07, 6.45) is 0. The monoisotopic (exact) mass is 346 g/mol. The lowest BCUT2D eigenvalue weighted by atomic mass is 10.2. The number of anilines is 2. The predicted octanol–water partition coefficient (Wildman–Crippen LogP) is 4.51. The summed E-state index contributed by atoms with van der Waals surface area (Å²) in [6.45, 7) is 8.00. The van der Waals surface area contributed by atoms with E-state index < -0.39 is 0 Å². The molecule has 0 bridgehead atoms. The second-order valence-corrected chi connectivity index (χ2v) is 5.90. The number of rotatable bonds is 7. The first-order chi connectivity index (χ1) is 11.5. The Bertz CT molecular complexity index is 682. The highest BCUT2D eigenvalue weighted by atomic mass is 35.5. The predicted molar refractivity (Wildman–Crippen MR) is 100 cm³/mol. The Morgan fingerprint density at radius 2 is 1.79 bits per heavy atom. The summed E-state index contributed by atoms with van der Waals surface area (Å²) in [6, 6.07) is 13.1. The van der Waals surface area contributed by atoms with Crippen LogP contribution in [0.4, 0.5) is 11.4 Å². The molecule has 0 aromatic heterocycles. The fraction of sp³-hybridized carbons (Fsp3) is 0.316. The normalized spacial score (nSPS) is 10.3. The van der Waals surface area contributed by atoms with Gasteiger partial charge in [-0.2, -0.15) is 0 Å². The zero-order valence-electron chi connectivity index (χ0n) is 14.3. The average Bonchev–Trinajstić information content (AvgIpc) is 2.56. The molecular weight excluding hydrogens is 324 g/mol. The van der Waals surface area contributed by atoms with Crippen LogP contribution in [0.15, 0.2) is 42.5 Å². The van der Waals surface area contributed by atoms with Crippen molar-refractivity contribution in [1.82, 2.24) is 0 Å². The van der Waals surface area contributed by atoms with Crippen molar-refractivity contribution < 1.29 is 9.53 Å². The maximum atomic E-state index is 12.0. The molecule has 0 atom stereocenters. The average molecular weight is 347 g/mol. The second kappa shape index (κ2) is 8.60. The Morgan fingerprint density at radius 3 is 2.38 bits per heavy atom. The van der Waals surface area contributed by atoms with Gasteiger partial charge in [0.05, 0.1) is 0 Å². The van der Waals surface area contributed by atoms with Gasteiger partial charge < -0.3 is 15.0 Å². The number of aryl methyl sites for hydroxylation is 1. The van der Waals surface area contributed by atoms with Crippen molar-refractivity contribution in [2.45, 2.75) is 20.8 Å². The molecule has 0 saturated heterocycles. The summed E-state index contributed by atoms with van der Waals surface area (Å²) >= 11 is 5.90. The van der Waals surface area contributed by atoms with Crippen LogP contribution in [0.1, 0.15) is 19.4 Å². The van der Waals surface area contributed by atoms with Crippen LogP contribution in [0.2, 0.25) is 5.02 Å². The van der Waals surface area contributed by atoms with Crippen LogP contribution in [0.5, 0.6) is 5.75 Å². The molecule has 0 aliphatic rings.